The summed E-state index contributed by atoms with van der Waals surface area (Å²) in [6.07, 6.45) is -1.37. The summed E-state index contributed by atoms with van der Waals surface area (Å²) < 4.78 is 9.34. The fourth-order valence-electron chi connectivity index (χ4n) is 1.05. The highest BCUT2D eigenvalue weighted by molar-refractivity contribution is 5.91. The number of ether oxygens (including phenoxy) is 1. The molecule has 1 heterocycles. The topological polar surface area (TPSA) is 88.8 Å². The van der Waals surface area contributed by atoms with E-state index >= 15 is 0 Å². The molecule has 0 bridgehead atoms. The van der Waals surface area contributed by atoms with E-state index in [0.717, 1.165) is 7.11 Å². The highest BCUT2D eigenvalue weighted by Gasteiger charge is 2.17. The van der Waals surface area contributed by atoms with E-state index < -0.39 is 18.0 Å². The predicted molar refractivity (Wildman–Crippen MR) is 53.8 cm³/mol. The quantitative estimate of drug-likeness (QED) is 0.698. The smallest absolute Gasteiger partial charge is 0.336 e. The summed E-state index contributed by atoms with van der Waals surface area (Å²) in [5, 5.41) is 11.5. The van der Waals surface area contributed by atoms with Crippen molar-refractivity contribution in [1.82, 2.24) is 5.32 Å². The van der Waals surface area contributed by atoms with Crippen LogP contribution in [-0.4, -0.2) is 36.7 Å². The monoisotopic (exact) mass is 227 g/mol. The van der Waals surface area contributed by atoms with Gasteiger partial charge in [0.2, 0.25) is 0 Å². The molecule has 1 amide bonds. The SMILES string of the molecule is COC(=O)C(O)CNC(=O)c1ccc(C)o1. The molecule has 0 aromatic carbocycles. The average Bonchev–Trinajstić information content (AvgIpc) is 2.71. The maximum absolute atomic E-state index is 11.4. The van der Waals surface area contributed by atoms with Crippen LogP contribution in [0.25, 0.3) is 0 Å². The van der Waals surface area contributed by atoms with Gasteiger partial charge in [0, 0.05) is 0 Å². The fraction of sp³-hybridized carbons (Fsp3) is 0.400. The van der Waals surface area contributed by atoms with Gasteiger partial charge in [-0.1, -0.05) is 0 Å². The van der Waals surface area contributed by atoms with Crippen molar-refractivity contribution in [3.8, 4) is 0 Å². The Labute approximate surface area is 92.2 Å². The highest BCUT2D eigenvalue weighted by atomic mass is 16.5. The molecule has 6 heteroatoms. The third-order valence-electron chi connectivity index (χ3n) is 1.89. The lowest BCUT2D eigenvalue weighted by atomic mass is 10.3. The number of aliphatic hydroxyl groups excluding tert-OH is 1. The van der Waals surface area contributed by atoms with E-state index in [-0.39, 0.29) is 12.3 Å². The number of methoxy groups -OCH3 is 1. The number of rotatable bonds is 4. The van der Waals surface area contributed by atoms with Crippen LogP contribution >= 0.6 is 0 Å². The minimum atomic E-state index is -1.37. The molecular formula is C10H13NO5. The van der Waals surface area contributed by atoms with Crippen LogP contribution in [0.3, 0.4) is 0 Å². The molecule has 1 aromatic heterocycles. The molecule has 0 aliphatic rings. The molecule has 0 saturated heterocycles. The number of aliphatic hydroxyl groups is 1. The first-order valence-corrected chi connectivity index (χ1v) is 4.65. The first kappa shape index (κ1) is 12.3. The van der Waals surface area contributed by atoms with Gasteiger partial charge < -0.3 is 19.6 Å². The zero-order valence-electron chi connectivity index (χ0n) is 9.02. The number of hydrogen-bond donors (Lipinski definition) is 2. The third-order valence-corrected chi connectivity index (χ3v) is 1.89. The Balaban J connectivity index is 2.44. The standard InChI is InChI=1S/C10H13NO5/c1-6-3-4-8(16-6)9(13)11-5-7(12)10(14)15-2/h3-4,7,12H,5H2,1-2H3,(H,11,13). The zero-order valence-corrected chi connectivity index (χ0v) is 9.02. The Kier molecular flexibility index (Phi) is 4.07. The molecular weight excluding hydrogens is 214 g/mol. The minimum absolute atomic E-state index is 0.134. The van der Waals surface area contributed by atoms with Crippen LogP contribution in [0.4, 0.5) is 0 Å². The Bertz CT molecular complexity index is 384. The molecule has 0 aliphatic carbocycles. The summed E-state index contributed by atoms with van der Waals surface area (Å²) in [7, 11) is 1.16. The average molecular weight is 227 g/mol. The number of furan rings is 1. The maximum atomic E-state index is 11.4. The van der Waals surface area contributed by atoms with E-state index in [1.54, 1.807) is 13.0 Å². The van der Waals surface area contributed by atoms with E-state index in [4.69, 9.17) is 4.42 Å². The van der Waals surface area contributed by atoms with Crippen LogP contribution in [0.2, 0.25) is 0 Å². The number of hydrogen-bond acceptors (Lipinski definition) is 5. The van der Waals surface area contributed by atoms with Crippen molar-refractivity contribution in [1.29, 1.82) is 0 Å². The van der Waals surface area contributed by atoms with Crippen molar-refractivity contribution >= 4 is 11.9 Å². The van der Waals surface area contributed by atoms with Gasteiger partial charge in [-0.05, 0) is 19.1 Å². The van der Waals surface area contributed by atoms with Gasteiger partial charge in [-0.25, -0.2) is 4.79 Å². The summed E-state index contributed by atoms with van der Waals surface area (Å²) in [6, 6.07) is 3.15. The van der Waals surface area contributed by atoms with Gasteiger partial charge >= 0.3 is 5.97 Å². The van der Waals surface area contributed by atoms with Crippen LogP contribution in [-0.2, 0) is 9.53 Å². The number of carbonyl (C=O) groups is 2. The molecule has 1 aromatic rings. The molecule has 1 atom stereocenters. The van der Waals surface area contributed by atoms with Gasteiger partial charge in [0.1, 0.15) is 5.76 Å². The molecule has 6 nitrogen and oxygen atoms in total. The Morgan fingerprint density at radius 2 is 2.25 bits per heavy atom. The van der Waals surface area contributed by atoms with Gasteiger partial charge in [0.25, 0.3) is 5.91 Å². The van der Waals surface area contributed by atoms with Gasteiger partial charge in [-0.15, -0.1) is 0 Å². The van der Waals surface area contributed by atoms with Crippen molar-refractivity contribution in [3.63, 3.8) is 0 Å². The van der Waals surface area contributed by atoms with Crippen LogP contribution in [0, 0.1) is 6.92 Å². The Hall–Kier alpha value is -1.82. The van der Waals surface area contributed by atoms with Gasteiger partial charge in [-0.2, -0.15) is 0 Å². The lowest BCUT2D eigenvalue weighted by Gasteiger charge is -2.08. The van der Waals surface area contributed by atoms with Crippen molar-refractivity contribution in [2.45, 2.75) is 13.0 Å². The number of carbonyl (C=O) groups excluding carboxylic acids is 2. The summed E-state index contributed by atoms with van der Waals surface area (Å²) in [5.41, 5.74) is 0. The summed E-state index contributed by atoms with van der Waals surface area (Å²) in [5.74, 6) is -0.541. The van der Waals surface area contributed by atoms with Crippen LogP contribution < -0.4 is 5.32 Å². The molecule has 0 spiro atoms. The molecule has 16 heavy (non-hydrogen) atoms. The van der Waals surface area contributed by atoms with E-state index in [2.05, 4.69) is 10.1 Å². The largest absolute Gasteiger partial charge is 0.467 e. The number of nitrogens with one attached hydrogen (secondary N) is 1. The highest BCUT2D eigenvalue weighted by Crippen LogP contribution is 2.05. The first-order valence-electron chi connectivity index (χ1n) is 4.65. The summed E-state index contributed by atoms with van der Waals surface area (Å²) >= 11 is 0. The fourth-order valence-corrected chi connectivity index (χ4v) is 1.05. The van der Waals surface area contributed by atoms with Crippen LogP contribution in [0.15, 0.2) is 16.5 Å². The maximum Gasteiger partial charge on any atom is 0.336 e. The molecule has 1 rings (SSSR count). The molecule has 2 N–H and O–H groups in total. The van der Waals surface area contributed by atoms with E-state index in [0.29, 0.717) is 5.76 Å². The lowest BCUT2D eigenvalue weighted by Crippen LogP contribution is -2.37. The van der Waals surface area contributed by atoms with Crippen molar-refractivity contribution < 1.29 is 23.8 Å². The third kappa shape index (κ3) is 3.09. The second-order valence-corrected chi connectivity index (χ2v) is 3.16. The minimum Gasteiger partial charge on any atom is -0.467 e. The predicted octanol–water partition coefficient (Wildman–Crippen LogP) is -0.148. The lowest BCUT2D eigenvalue weighted by molar-refractivity contribution is -0.149. The van der Waals surface area contributed by atoms with Crippen molar-refractivity contribution in [2.75, 3.05) is 13.7 Å². The normalized spacial score (nSPS) is 11.9. The number of esters is 1. The molecule has 0 saturated carbocycles. The molecule has 0 aliphatic heterocycles. The van der Waals surface area contributed by atoms with Crippen LogP contribution in [0.1, 0.15) is 16.3 Å². The second-order valence-electron chi connectivity index (χ2n) is 3.16. The van der Waals surface area contributed by atoms with Gasteiger partial charge in [0.05, 0.1) is 13.7 Å². The summed E-state index contributed by atoms with van der Waals surface area (Å²) in [4.78, 5) is 22.2. The Morgan fingerprint density at radius 3 is 2.75 bits per heavy atom. The summed E-state index contributed by atoms with van der Waals surface area (Å²) in [6.45, 7) is 1.49. The molecule has 1 unspecified atom stereocenters. The van der Waals surface area contributed by atoms with E-state index in [9.17, 15) is 14.7 Å². The molecule has 88 valence electrons. The second kappa shape index (κ2) is 5.32. The first-order chi connectivity index (χ1) is 7.54. The zero-order chi connectivity index (χ0) is 12.1. The molecule has 0 radical (unpaired) electrons. The Morgan fingerprint density at radius 1 is 1.56 bits per heavy atom. The van der Waals surface area contributed by atoms with Crippen LogP contribution in [0.5, 0.6) is 0 Å². The molecule has 0 fully saturated rings. The van der Waals surface area contributed by atoms with Gasteiger partial charge in [-0.3, -0.25) is 4.79 Å². The number of aryl methyl sites for hydroxylation is 1. The number of amides is 1. The van der Waals surface area contributed by atoms with Crippen molar-refractivity contribution in [3.05, 3.63) is 23.7 Å². The van der Waals surface area contributed by atoms with Gasteiger partial charge in [0.15, 0.2) is 11.9 Å². The van der Waals surface area contributed by atoms with Crippen molar-refractivity contribution in [2.24, 2.45) is 0 Å². The van der Waals surface area contributed by atoms with E-state index in [1.165, 1.54) is 6.07 Å². The van der Waals surface area contributed by atoms with E-state index in [1.807, 2.05) is 0 Å².